The van der Waals surface area contributed by atoms with Gasteiger partial charge in [-0.1, -0.05) is 17.7 Å². The Kier molecular flexibility index (Phi) is 4.32. The minimum Gasteiger partial charge on any atom is -0.406 e. The molecule has 2 heterocycles. The molecule has 0 spiro atoms. The molecule has 0 saturated heterocycles. The topological polar surface area (TPSA) is 26.2 Å². The molecule has 0 amide bonds. The van der Waals surface area contributed by atoms with Gasteiger partial charge in [-0.2, -0.15) is 0 Å². The zero-order chi connectivity index (χ0) is 18.3. The zero-order valence-corrected chi connectivity index (χ0v) is 14.5. The number of rotatable bonds is 2. The third kappa shape index (κ3) is 3.39. The molecule has 0 fully saturated rings. The van der Waals surface area contributed by atoms with Crippen LogP contribution in [0.5, 0.6) is 5.75 Å². The van der Waals surface area contributed by atoms with Gasteiger partial charge in [-0.15, -0.1) is 13.2 Å². The molecule has 26 heavy (non-hydrogen) atoms. The Bertz CT molecular complexity index is 965. The molecule has 0 atom stereocenters. The van der Waals surface area contributed by atoms with E-state index in [1.54, 1.807) is 6.07 Å². The Morgan fingerprint density at radius 3 is 2.65 bits per heavy atom. The molecule has 1 aliphatic heterocycles. The number of hydrogen-bond donors (Lipinski definition) is 1. The van der Waals surface area contributed by atoms with Crippen molar-refractivity contribution in [1.82, 2.24) is 9.88 Å². The average molecular weight is 381 g/mol. The second kappa shape index (κ2) is 6.52. The Labute approximate surface area is 153 Å². The van der Waals surface area contributed by atoms with Crippen LogP contribution < -0.4 is 10.1 Å². The lowest BCUT2D eigenvalue weighted by molar-refractivity contribution is -0.274. The van der Waals surface area contributed by atoms with Gasteiger partial charge >= 0.3 is 6.36 Å². The molecule has 1 aromatic heterocycles. The molecular weight excluding hydrogens is 365 g/mol. The van der Waals surface area contributed by atoms with Crippen molar-refractivity contribution < 1.29 is 17.9 Å². The number of benzene rings is 2. The van der Waals surface area contributed by atoms with E-state index in [0.29, 0.717) is 5.56 Å². The molecule has 0 saturated carbocycles. The van der Waals surface area contributed by atoms with Gasteiger partial charge in [0.15, 0.2) is 0 Å². The zero-order valence-electron chi connectivity index (χ0n) is 13.7. The first-order valence-electron chi connectivity index (χ1n) is 8.29. The highest BCUT2D eigenvalue weighted by molar-refractivity contribution is 6.33. The molecule has 1 N–H and O–H groups in total. The van der Waals surface area contributed by atoms with Gasteiger partial charge in [0.05, 0.1) is 5.02 Å². The third-order valence-corrected chi connectivity index (χ3v) is 4.86. The molecule has 3 nitrogen and oxygen atoms in total. The third-order valence-electron chi connectivity index (χ3n) is 4.54. The second-order valence-electron chi connectivity index (χ2n) is 6.25. The van der Waals surface area contributed by atoms with E-state index in [4.69, 9.17) is 11.6 Å². The van der Waals surface area contributed by atoms with E-state index in [-0.39, 0.29) is 10.8 Å². The van der Waals surface area contributed by atoms with E-state index >= 15 is 0 Å². The summed E-state index contributed by atoms with van der Waals surface area (Å²) in [5, 5.41) is 4.70. The van der Waals surface area contributed by atoms with Crippen molar-refractivity contribution in [3.05, 3.63) is 53.2 Å². The van der Waals surface area contributed by atoms with E-state index in [9.17, 15) is 13.2 Å². The van der Waals surface area contributed by atoms with Gasteiger partial charge < -0.3 is 14.6 Å². The Morgan fingerprint density at radius 2 is 1.88 bits per heavy atom. The number of nitrogens with zero attached hydrogens (tertiary/aromatic N) is 1. The van der Waals surface area contributed by atoms with Crippen molar-refractivity contribution in [2.75, 3.05) is 13.1 Å². The maximum Gasteiger partial charge on any atom is 0.573 e. The number of fused-ring (bicyclic) bond motifs is 3. The summed E-state index contributed by atoms with van der Waals surface area (Å²) in [6.07, 6.45) is -3.77. The fraction of sp³-hybridized carbons (Fsp3) is 0.263. The van der Waals surface area contributed by atoms with Crippen LogP contribution in [0, 0.1) is 0 Å². The molecule has 2 aromatic carbocycles. The minimum absolute atomic E-state index is 0.219. The van der Waals surface area contributed by atoms with E-state index in [2.05, 4.69) is 20.7 Å². The van der Waals surface area contributed by atoms with Crippen LogP contribution >= 0.6 is 11.6 Å². The average Bonchev–Trinajstić information content (AvgIpc) is 2.74. The monoisotopic (exact) mass is 380 g/mol. The van der Waals surface area contributed by atoms with Crippen LogP contribution in [0.4, 0.5) is 13.2 Å². The molecule has 0 aliphatic carbocycles. The maximum atomic E-state index is 12.3. The van der Waals surface area contributed by atoms with Gasteiger partial charge in [-0.05, 0) is 42.0 Å². The summed E-state index contributed by atoms with van der Waals surface area (Å²) in [6, 6.07) is 12.2. The smallest absolute Gasteiger partial charge is 0.406 e. The van der Waals surface area contributed by atoms with Gasteiger partial charge in [-0.3, -0.25) is 0 Å². The summed E-state index contributed by atoms with van der Waals surface area (Å²) >= 11 is 6.21. The lowest BCUT2D eigenvalue weighted by atomic mass is 10.0. The van der Waals surface area contributed by atoms with Gasteiger partial charge in [0.2, 0.25) is 0 Å². The lowest BCUT2D eigenvalue weighted by Crippen LogP contribution is -2.17. The van der Waals surface area contributed by atoms with Crippen LogP contribution in [0.25, 0.3) is 22.0 Å². The van der Waals surface area contributed by atoms with Crippen LogP contribution in [0.15, 0.2) is 42.5 Å². The fourth-order valence-corrected chi connectivity index (χ4v) is 3.71. The highest BCUT2D eigenvalue weighted by Gasteiger charge is 2.31. The van der Waals surface area contributed by atoms with Crippen LogP contribution in [-0.2, 0) is 13.0 Å². The van der Waals surface area contributed by atoms with E-state index in [1.807, 2.05) is 18.2 Å². The Hall–Kier alpha value is -2.18. The summed E-state index contributed by atoms with van der Waals surface area (Å²) in [5.74, 6) is -0.324. The highest BCUT2D eigenvalue weighted by atomic mass is 35.5. The molecule has 0 radical (unpaired) electrons. The first-order chi connectivity index (χ1) is 12.4. The Balaban J connectivity index is 1.71. The number of ether oxygens (including phenoxy) is 1. The maximum absolute atomic E-state index is 12.3. The SMILES string of the molecule is FC(F)(F)Oc1ccc(-c2ccc3c(c2)cc2n3CCNCC2)c(Cl)c1. The van der Waals surface area contributed by atoms with Gasteiger partial charge in [-0.25, -0.2) is 0 Å². The van der Waals surface area contributed by atoms with Crippen molar-refractivity contribution in [2.24, 2.45) is 0 Å². The number of alkyl halides is 3. The minimum atomic E-state index is -4.73. The van der Waals surface area contributed by atoms with E-state index in [1.165, 1.54) is 17.8 Å². The molecule has 3 aromatic rings. The molecule has 7 heteroatoms. The largest absolute Gasteiger partial charge is 0.573 e. The van der Waals surface area contributed by atoms with Crippen LogP contribution in [-0.4, -0.2) is 24.0 Å². The molecule has 4 rings (SSSR count). The predicted molar refractivity (Wildman–Crippen MR) is 95.6 cm³/mol. The molecular formula is C19H16ClF3N2O. The highest BCUT2D eigenvalue weighted by Crippen LogP contribution is 2.35. The summed E-state index contributed by atoms with van der Waals surface area (Å²) < 4.78 is 43.2. The first-order valence-corrected chi connectivity index (χ1v) is 8.67. The van der Waals surface area contributed by atoms with Crippen molar-refractivity contribution in [3.8, 4) is 16.9 Å². The molecule has 0 unspecified atom stereocenters. The normalized spacial score (nSPS) is 14.9. The Morgan fingerprint density at radius 1 is 1.04 bits per heavy atom. The summed E-state index contributed by atoms with van der Waals surface area (Å²) in [4.78, 5) is 0. The van der Waals surface area contributed by atoms with E-state index < -0.39 is 6.36 Å². The standard InChI is InChI=1S/C19H16ClF3N2O/c20-17-11-15(26-19(21,22)23)2-3-16(17)12-1-4-18-13(9-12)10-14-5-6-24-7-8-25(14)18/h1-4,9-11,24H,5-8H2. The van der Waals surface area contributed by atoms with E-state index in [0.717, 1.165) is 42.5 Å². The molecule has 1 aliphatic rings. The summed E-state index contributed by atoms with van der Waals surface area (Å²) in [5.41, 5.74) is 3.97. The van der Waals surface area contributed by atoms with Gasteiger partial charge in [0, 0.05) is 48.2 Å². The van der Waals surface area contributed by atoms with Crippen LogP contribution in [0.3, 0.4) is 0 Å². The summed E-state index contributed by atoms with van der Waals surface area (Å²) in [6.45, 7) is 2.81. The van der Waals surface area contributed by atoms with Crippen LogP contribution in [0.1, 0.15) is 5.69 Å². The summed E-state index contributed by atoms with van der Waals surface area (Å²) in [7, 11) is 0. The molecule has 0 bridgehead atoms. The fourth-order valence-electron chi connectivity index (χ4n) is 3.43. The lowest BCUT2D eigenvalue weighted by Gasteiger charge is -2.11. The second-order valence-corrected chi connectivity index (χ2v) is 6.66. The number of hydrogen-bond acceptors (Lipinski definition) is 2. The van der Waals surface area contributed by atoms with Crippen molar-refractivity contribution in [1.29, 1.82) is 0 Å². The van der Waals surface area contributed by atoms with Crippen molar-refractivity contribution >= 4 is 22.5 Å². The number of nitrogens with one attached hydrogen (secondary N) is 1. The van der Waals surface area contributed by atoms with Crippen molar-refractivity contribution in [2.45, 2.75) is 19.3 Å². The van der Waals surface area contributed by atoms with Gasteiger partial charge in [0.25, 0.3) is 0 Å². The van der Waals surface area contributed by atoms with Crippen LogP contribution in [0.2, 0.25) is 5.02 Å². The van der Waals surface area contributed by atoms with Gasteiger partial charge in [0.1, 0.15) is 5.75 Å². The van der Waals surface area contributed by atoms with Crippen molar-refractivity contribution in [3.63, 3.8) is 0 Å². The quantitative estimate of drug-likeness (QED) is 0.676. The molecule has 136 valence electrons. The number of aromatic nitrogens is 1. The first kappa shape index (κ1) is 17.2. The number of halogens is 4. The predicted octanol–water partition coefficient (Wildman–Crippen LogP) is 5.01.